The maximum absolute atomic E-state index is 12.9. The minimum atomic E-state index is -0.373. The van der Waals surface area contributed by atoms with Crippen molar-refractivity contribution in [1.82, 2.24) is 9.80 Å². The third-order valence-corrected chi connectivity index (χ3v) is 6.20. The maximum Gasteiger partial charge on any atom is 0.410 e. The van der Waals surface area contributed by atoms with E-state index in [1.807, 2.05) is 4.90 Å². The van der Waals surface area contributed by atoms with E-state index in [-0.39, 0.29) is 36.4 Å². The van der Waals surface area contributed by atoms with E-state index in [0.29, 0.717) is 47.5 Å². The van der Waals surface area contributed by atoms with Gasteiger partial charge >= 0.3 is 6.09 Å². The molecule has 0 aliphatic carbocycles. The van der Waals surface area contributed by atoms with Gasteiger partial charge in [-0.15, -0.1) is 0 Å². The zero-order chi connectivity index (χ0) is 22.8. The highest BCUT2D eigenvalue weighted by atomic mass is 35.5. The van der Waals surface area contributed by atoms with E-state index in [9.17, 15) is 14.4 Å². The molecule has 2 aromatic rings. The van der Waals surface area contributed by atoms with E-state index in [0.717, 1.165) is 5.56 Å². The van der Waals surface area contributed by atoms with Crippen LogP contribution in [0.1, 0.15) is 22.8 Å². The fourth-order valence-electron chi connectivity index (χ4n) is 4.32. The van der Waals surface area contributed by atoms with E-state index in [1.54, 1.807) is 47.4 Å². The van der Waals surface area contributed by atoms with Gasteiger partial charge in [0.15, 0.2) is 0 Å². The van der Waals surface area contributed by atoms with Crippen molar-refractivity contribution in [3.8, 4) is 0 Å². The van der Waals surface area contributed by atoms with E-state index >= 15 is 0 Å². The SMILES string of the molecule is CC(=O)Nc1ccc(C(=O)N2CC3CN(C(=O)OCc4cc(Cl)cc(Cl)c4)CC3C2)cc1. The molecule has 9 heteroatoms. The van der Waals surface area contributed by atoms with Crippen LogP contribution >= 0.6 is 23.2 Å². The van der Waals surface area contributed by atoms with Crippen LogP contribution in [0.2, 0.25) is 10.0 Å². The first-order chi connectivity index (χ1) is 15.3. The lowest BCUT2D eigenvalue weighted by atomic mass is 10.0. The Labute approximate surface area is 196 Å². The van der Waals surface area contributed by atoms with Gasteiger partial charge in [0.25, 0.3) is 5.91 Å². The molecular formula is C23H23Cl2N3O4. The third kappa shape index (κ3) is 5.16. The van der Waals surface area contributed by atoms with Gasteiger partial charge in [0, 0.05) is 66.2 Å². The molecule has 1 N–H and O–H groups in total. The Morgan fingerprint density at radius 1 is 0.938 bits per heavy atom. The Kier molecular flexibility index (Phi) is 6.58. The Balaban J connectivity index is 1.28. The van der Waals surface area contributed by atoms with Crippen molar-refractivity contribution in [3.05, 3.63) is 63.6 Å². The summed E-state index contributed by atoms with van der Waals surface area (Å²) >= 11 is 12.0. The van der Waals surface area contributed by atoms with Gasteiger partial charge in [0.1, 0.15) is 6.61 Å². The van der Waals surface area contributed by atoms with Crippen molar-refractivity contribution in [2.75, 3.05) is 31.5 Å². The van der Waals surface area contributed by atoms with Gasteiger partial charge in [-0.25, -0.2) is 4.79 Å². The van der Waals surface area contributed by atoms with Crippen molar-refractivity contribution in [3.63, 3.8) is 0 Å². The summed E-state index contributed by atoms with van der Waals surface area (Å²) in [6.45, 7) is 3.86. The number of carbonyl (C=O) groups is 3. The van der Waals surface area contributed by atoms with Crippen molar-refractivity contribution in [1.29, 1.82) is 0 Å². The number of benzene rings is 2. The second kappa shape index (κ2) is 9.38. The monoisotopic (exact) mass is 475 g/mol. The fraction of sp³-hybridized carbons (Fsp3) is 0.348. The van der Waals surface area contributed by atoms with Gasteiger partial charge in [-0.3, -0.25) is 9.59 Å². The summed E-state index contributed by atoms with van der Waals surface area (Å²) in [5.41, 5.74) is 1.97. The van der Waals surface area contributed by atoms with E-state index in [2.05, 4.69) is 5.32 Å². The molecule has 32 heavy (non-hydrogen) atoms. The van der Waals surface area contributed by atoms with Crippen LogP contribution in [0.3, 0.4) is 0 Å². The van der Waals surface area contributed by atoms with E-state index in [4.69, 9.17) is 27.9 Å². The molecule has 2 saturated heterocycles. The summed E-state index contributed by atoms with van der Waals surface area (Å²) in [5.74, 6) is 0.258. The fourth-order valence-corrected chi connectivity index (χ4v) is 4.89. The number of hydrogen-bond donors (Lipinski definition) is 1. The average Bonchev–Trinajstić information content (AvgIpc) is 3.30. The molecule has 2 atom stereocenters. The lowest BCUT2D eigenvalue weighted by molar-refractivity contribution is -0.114. The number of rotatable bonds is 4. The molecule has 2 fully saturated rings. The second-order valence-corrected chi connectivity index (χ2v) is 9.10. The lowest BCUT2D eigenvalue weighted by Gasteiger charge is -2.22. The molecule has 2 aromatic carbocycles. The van der Waals surface area contributed by atoms with E-state index in [1.165, 1.54) is 6.92 Å². The topological polar surface area (TPSA) is 79.0 Å². The van der Waals surface area contributed by atoms with Crippen molar-refractivity contribution in [2.24, 2.45) is 11.8 Å². The number of anilines is 1. The number of fused-ring (bicyclic) bond motifs is 1. The molecule has 4 rings (SSSR count). The molecule has 0 spiro atoms. The van der Waals surface area contributed by atoms with Gasteiger partial charge in [0.2, 0.25) is 5.91 Å². The number of likely N-dealkylation sites (tertiary alicyclic amines) is 2. The number of hydrogen-bond acceptors (Lipinski definition) is 4. The highest BCUT2D eigenvalue weighted by Gasteiger charge is 2.43. The molecule has 168 valence electrons. The molecule has 2 aliphatic rings. The predicted molar refractivity (Wildman–Crippen MR) is 122 cm³/mol. The van der Waals surface area contributed by atoms with Crippen molar-refractivity contribution >= 4 is 46.8 Å². The summed E-state index contributed by atoms with van der Waals surface area (Å²) < 4.78 is 5.43. The van der Waals surface area contributed by atoms with Gasteiger partial charge in [-0.2, -0.15) is 0 Å². The minimum absolute atomic E-state index is 0.0410. The predicted octanol–water partition coefficient (Wildman–Crippen LogP) is 4.29. The first kappa shape index (κ1) is 22.4. The van der Waals surface area contributed by atoms with Crippen molar-refractivity contribution < 1.29 is 19.1 Å². The van der Waals surface area contributed by atoms with Crippen molar-refractivity contribution in [2.45, 2.75) is 13.5 Å². The standard InChI is InChI=1S/C23H23Cl2N3O4/c1-14(29)26-21-4-2-16(3-5-21)22(30)27-9-17-11-28(12-18(17)10-27)23(31)32-13-15-6-19(24)8-20(25)7-15/h2-8,17-18H,9-13H2,1H3,(H,26,29). The number of nitrogens with zero attached hydrogens (tertiary/aromatic N) is 2. The number of ether oxygens (including phenoxy) is 1. The molecule has 7 nitrogen and oxygen atoms in total. The maximum atomic E-state index is 12.9. The number of halogens is 2. The van der Waals surface area contributed by atoms with Crippen LogP contribution in [0.5, 0.6) is 0 Å². The Bertz CT molecular complexity index is 1010. The van der Waals surface area contributed by atoms with Gasteiger partial charge in [0.05, 0.1) is 0 Å². The van der Waals surface area contributed by atoms with Crippen LogP contribution in [0, 0.1) is 11.8 Å². The quantitative estimate of drug-likeness (QED) is 0.714. The molecule has 2 heterocycles. The van der Waals surface area contributed by atoms with E-state index < -0.39 is 0 Å². The summed E-state index contributed by atoms with van der Waals surface area (Å²) in [6, 6.07) is 11.9. The van der Waals surface area contributed by atoms with Gasteiger partial charge in [-0.1, -0.05) is 23.2 Å². The van der Waals surface area contributed by atoms with Crippen LogP contribution in [0.4, 0.5) is 10.5 Å². The van der Waals surface area contributed by atoms with Crippen LogP contribution < -0.4 is 5.32 Å². The molecule has 2 unspecified atom stereocenters. The number of nitrogens with one attached hydrogen (secondary N) is 1. The normalized spacial score (nSPS) is 19.6. The minimum Gasteiger partial charge on any atom is -0.445 e. The van der Waals surface area contributed by atoms with Gasteiger partial charge in [-0.05, 0) is 48.0 Å². The molecule has 2 aliphatic heterocycles. The zero-order valence-electron chi connectivity index (χ0n) is 17.5. The lowest BCUT2D eigenvalue weighted by Crippen LogP contribution is -2.35. The summed E-state index contributed by atoms with van der Waals surface area (Å²) in [7, 11) is 0. The van der Waals surface area contributed by atoms with Crippen LogP contribution in [0.15, 0.2) is 42.5 Å². The molecule has 3 amide bonds. The molecule has 0 saturated carbocycles. The highest BCUT2D eigenvalue weighted by molar-refractivity contribution is 6.34. The summed E-state index contributed by atoms with van der Waals surface area (Å²) in [5, 5.41) is 3.68. The van der Waals surface area contributed by atoms with Crippen LogP contribution in [-0.4, -0.2) is 53.9 Å². The zero-order valence-corrected chi connectivity index (χ0v) is 19.0. The Morgan fingerprint density at radius 2 is 1.50 bits per heavy atom. The Morgan fingerprint density at radius 3 is 2.06 bits per heavy atom. The first-order valence-electron chi connectivity index (χ1n) is 10.3. The molecule has 0 radical (unpaired) electrons. The average molecular weight is 476 g/mol. The summed E-state index contributed by atoms with van der Waals surface area (Å²) in [4.78, 5) is 40.0. The Hall–Kier alpha value is -2.77. The highest BCUT2D eigenvalue weighted by Crippen LogP contribution is 2.32. The smallest absolute Gasteiger partial charge is 0.410 e. The molecular weight excluding hydrogens is 453 g/mol. The number of carbonyl (C=O) groups excluding carboxylic acids is 3. The summed E-state index contributed by atoms with van der Waals surface area (Å²) in [6.07, 6.45) is -0.373. The number of amides is 3. The third-order valence-electron chi connectivity index (χ3n) is 5.77. The largest absolute Gasteiger partial charge is 0.445 e. The first-order valence-corrected chi connectivity index (χ1v) is 11.1. The van der Waals surface area contributed by atoms with Crippen LogP contribution in [-0.2, 0) is 16.1 Å². The second-order valence-electron chi connectivity index (χ2n) is 8.23. The van der Waals surface area contributed by atoms with Crippen LogP contribution in [0.25, 0.3) is 0 Å². The molecule has 0 aromatic heterocycles. The molecule has 0 bridgehead atoms. The van der Waals surface area contributed by atoms with Gasteiger partial charge < -0.3 is 19.9 Å².